The van der Waals surface area contributed by atoms with Gasteiger partial charge in [-0.3, -0.25) is 9.69 Å². The van der Waals surface area contributed by atoms with Gasteiger partial charge in [-0.1, -0.05) is 17.7 Å². The zero-order valence-corrected chi connectivity index (χ0v) is 20.5. The molecule has 2 aromatic rings. The van der Waals surface area contributed by atoms with Crippen molar-refractivity contribution in [3.8, 4) is 0 Å². The highest BCUT2D eigenvalue weighted by atomic mass is 35.5. The number of nitrogens with zero attached hydrogens (tertiary/aromatic N) is 2. The highest BCUT2D eigenvalue weighted by Crippen LogP contribution is 2.42. The minimum absolute atomic E-state index is 0.0323. The summed E-state index contributed by atoms with van der Waals surface area (Å²) in [5.41, 5.74) is -2.18. The Morgan fingerprint density at radius 2 is 1.76 bits per heavy atom. The zero-order chi connectivity index (χ0) is 27.5. The van der Waals surface area contributed by atoms with Crippen LogP contribution in [0.15, 0.2) is 36.4 Å². The standard InChI is InChI=1S/C24H23ClF6N2O4/c1-14(12-37-13-34)32-6-5-20(19-4-3-18(25)10-21(19)32)33(22(35)36-2)11-15-7-16(23(26,27)28)9-17(8-15)24(29,30)31/h3-4,7-10,13-14,20H,5-6,11-12H2,1-2H3. The molecule has 0 radical (unpaired) electrons. The van der Waals surface area contributed by atoms with Gasteiger partial charge in [-0.05, 0) is 54.8 Å². The predicted molar refractivity (Wildman–Crippen MR) is 122 cm³/mol. The Morgan fingerprint density at radius 3 is 2.30 bits per heavy atom. The number of rotatable bonds is 7. The van der Waals surface area contributed by atoms with E-state index in [0.29, 0.717) is 41.4 Å². The van der Waals surface area contributed by atoms with Crippen molar-refractivity contribution in [3.63, 3.8) is 0 Å². The largest absolute Gasteiger partial charge is 0.466 e. The molecule has 13 heteroatoms. The minimum atomic E-state index is -5.03. The third kappa shape index (κ3) is 6.60. The van der Waals surface area contributed by atoms with Crippen molar-refractivity contribution >= 4 is 29.9 Å². The van der Waals surface area contributed by atoms with Gasteiger partial charge in [0.2, 0.25) is 0 Å². The summed E-state index contributed by atoms with van der Waals surface area (Å²) in [4.78, 5) is 26.4. The van der Waals surface area contributed by atoms with Crippen LogP contribution in [0, 0.1) is 0 Å². The molecule has 6 nitrogen and oxygen atoms in total. The van der Waals surface area contributed by atoms with E-state index in [1.807, 2.05) is 4.90 Å². The number of carbonyl (C=O) groups is 2. The second kappa shape index (κ2) is 11.1. The average molecular weight is 553 g/mol. The highest BCUT2D eigenvalue weighted by molar-refractivity contribution is 6.30. The number of alkyl halides is 6. The maximum absolute atomic E-state index is 13.4. The van der Waals surface area contributed by atoms with Crippen molar-refractivity contribution in [2.45, 2.75) is 44.3 Å². The first-order chi connectivity index (χ1) is 17.3. The number of ether oxygens (including phenoxy) is 2. The Kier molecular flexibility index (Phi) is 8.51. The SMILES string of the molecule is COC(=O)N(Cc1cc(C(F)(F)F)cc(C(F)(F)F)c1)C1CCN(C(C)COC=O)c2cc(Cl)ccc21. The summed E-state index contributed by atoms with van der Waals surface area (Å²) in [5, 5.41) is 0.366. The fraction of sp³-hybridized carbons (Fsp3) is 0.417. The summed E-state index contributed by atoms with van der Waals surface area (Å²) in [5.74, 6) is 0. The molecule has 0 saturated carbocycles. The topological polar surface area (TPSA) is 59.1 Å². The van der Waals surface area contributed by atoms with Gasteiger partial charge in [0, 0.05) is 23.8 Å². The van der Waals surface area contributed by atoms with Crippen molar-refractivity contribution in [2.75, 3.05) is 25.2 Å². The van der Waals surface area contributed by atoms with Crippen LogP contribution in [-0.4, -0.2) is 43.8 Å². The quantitative estimate of drug-likeness (QED) is 0.291. The lowest BCUT2D eigenvalue weighted by Gasteiger charge is -2.42. The summed E-state index contributed by atoms with van der Waals surface area (Å²) >= 11 is 6.19. The van der Waals surface area contributed by atoms with Crippen LogP contribution in [-0.2, 0) is 33.2 Å². The smallest absolute Gasteiger partial charge is 0.416 e. The van der Waals surface area contributed by atoms with Crippen molar-refractivity contribution in [1.29, 1.82) is 0 Å². The summed E-state index contributed by atoms with van der Waals surface area (Å²) in [6.45, 7) is 1.92. The van der Waals surface area contributed by atoms with Crippen molar-refractivity contribution in [2.24, 2.45) is 0 Å². The molecular formula is C24H23ClF6N2O4. The maximum atomic E-state index is 13.4. The molecule has 1 aliphatic rings. The number of anilines is 1. The second-order valence-electron chi connectivity index (χ2n) is 8.49. The van der Waals surface area contributed by atoms with E-state index in [1.54, 1.807) is 25.1 Å². The van der Waals surface area contributed by atoms with Crippen LogP contribution in [0.4, 0.5) is 36.8 Å². The fourth-order valence-electron chi connectivity index (χ4n) is 4.36. The van der Waals surface area contributed by atoms with E-state index in [9.17, 15) is 35.9 Å². The van der Waals surface area contributed by atoms with E-state index in [0.717, 1.165) is 12.0 Å². The van der Waals surface area contributed by atoms with Gasteiger partial charge in [-0.25, -0.2) is 4.79 Å². The molecule has 0 aromatic heterocycles. The fourth-order valence-corrected chi connectivity index (χ4v) is 4.53. The Bertz CT molecular complexity index is 1110. The number of carbonyl (C=O) groups excluding carboxylic acids is 2. The van der Waals surface area contributed by atoms with Gasteiger partial charge in [0.15, 0.2) is 0 Å². The molecule has 0 fully saturated rings. The number of amides is 1. The van der Waals surface area contributed by atoms with Gasteiger partial charge in [0.1, 0.15) is 6.61 Å². The van der Waals surface area contributed by atoms with E-state index in [4.69, 9.17) is 21.1 Å². The van der Waals surface area contributed by atoms with Gasteiger partial charge in [-0.2, -0.15) is 26.3 Å². The molecule has 37 heavy (non-hydrogen) atoms. The normalized spacial score (nSPS) is 16.6. The molecule has 0 N–H and O–H groups in total. The lowest BCUT2D eigenvalue weighted by atomic mass is 9.93. The van der Waals surface area contributed by atoms with Crippen LogP contribution in [0.2, 0.25) is 5.02 Å². The van der Waals surface area contributed by atoms with Crippen molar-refractivity contribution in [3.05, 3.63) is 63.7 Å². The maximum Gasteiger partial charge on any atom is 0.416 e. The van der Waals surface area contributed by atoms with Gasteiger partial charge >= 0.3 is 18.4 Å². The lowest BCUT2D eigenvalue weighted by molar-refractivity contribution is -0.143. The van der Waals surface area contributed by atoms with Gasteiger partial charge in [0.05, 0.1) is 30.3 Å². The third-order valence-electron chi connectivity index (χ3n) is 6.03. The predicted octanol–water partition coefficient (Wildman–Crippen LogP) is 6.46. The van der Waals surface area contributed by atoms with Crippen LogP contribution in [0.3, 0.4) is 0 Å². The number of halogens is 7. The molecule has 2 aromatic carbocycles. The van der Waals surface area contributed by atoms with Crippen LogP contribution in [0.5, 0.6) is 0 Å². The molecule has 202 valence electrons. The van der Waals surface area contributed by atoms with Crippen LogP contribution >= 0.6 is 11.6 Å². The summed E-state index contributed by atoms with van der Waals surface area (Å²) in [6.07, 6.45) is -10.7. The monoisotopic (exact) mass is 552 g/mol. The molecule has 0 saturated heterocycles. The number of methoxy groups -OCH3 is 1. The molecular weight excluding hydrogens is 530 g/mol. The summed E-state index contributed by atoms with van der Waals surface area (Å²) < 4.78 is 89.9. The first-order valence-electron chi connectivity index (χ1n) is 11.0. The second-order valence-corrected chi connectivity index (χ2v) is 8.93. The number of hydrogen-bond donors (Lipinski definition) is 0. The lowest BCUT2D eigenvalue weighted by Crippen LogP contribution is -2.45. The van der Waals surface area contributed by atoms with Crippen LogP contribution in [0.1, 0.15) is 41.6 Å². The van der Waals surface area contributed by atoms with Gasteiger partial charge < -0.3 is 14.4 Å². The number of hydrogen-bond acceptors (Lipinski definition) is 5. The Labute approximate surface area is 213 Å². The molecule has 0 bridgehead atoms. The Morgan fingerprint density at radius 1 is 1.14 bits per heavy atom. The molecule has 2 atom stereocenters. The van der Waals surface area contributed by atoms with E-state index in [-0.39, 0.29) is 30.7 Å². The summed E-state index contributed by atoms with van der Waals surface area (Å²) in [6, 6.07) is 4.98. The van der Waals surface area contributed by atoms with Gasteiger partial charge in [0.25, 0.3) is 6.47 Å². The van der Waals surface area contributed by atoms with Crippen molar-refractivity contribution < 1.29 is 45.4 Å². The molecule has 3 rings (SSSR count). The average Bonchev–Trinajstić information content (AvgIpc) is 2.83. The van der Waals surface area contributed by atoms with E-state index < -0.39 is 42.2 Å². The molecule has 2 unspecified atom stereocenters. The Balaban J connectivity index is 2.05. The van der Waals surface area contributed by atoms with Gasteiger partial charge in [-0.15, -0.1) is 0 Å². The molecule has 1 amide bonds. The minimum Gasteiger partial charge on any atom is -0.466 e. The molecule has 1 aliphatic heterocycles. The number of fused-ring (bicyclic) bond motifs is 1. The van der Waals surface area contributed by atoms with Crippen LogP contribution < -0.4 is 4.90 Å². The van der Waals surface area contributed by atoms with E-state index in [2.05, 4.69) is 0 Å². The molecule has 0 aliphatic carbocycles. The molecule has 1 heterocycles. The highest BCUT2D eigenvalue weighted by Gasteiger charge is 2.39. The van der Waals surface area contributed by atoms with E-state index >= 15 is 0 Å². The number of benzene rings is 2. The first-order valence-corrected chi connectivity index (χ1v) is 11.4. The first kappa shape index (κ1) is 28.4. The zero-order valence-electron chi connectivity index (χ0n) is 19.7. The third-order valence-corrected chi connectivity index (χ3v) is 6.26. The van der Waals surface area contributed by atoms with E-state index in [1.165, 1.54) is 0 Å². The molecule has 0 spiro atoms. The summed E-state index contributed by atoms with van der Waals surface area (Å²) in [7, 11) is 1.07. The Hall–Kier alpha value is -3.15. The van der Waals surface area contributed by atoms with Crippen molar-refractivity contribution in [1.82, 2.24) is 4.90 Å². The van der Waals surface area contributed by atoms with Crippen LogP contribution in [0.25, 0.3) is 0 Å².